The first-order valence-corrected chi connectivity index (χ1v) is 7.16. The molecule has 3 nitrogen and oxygen atoms in total. The summed E-state index contributed by atoms with van der Waals surface area (Å²) in [6.07, 6.45) is 5.51. The summed E-state index contributed by atoms with van der Waals surface area (Å²) < 4.78 is 0. The number of fused-ring (bicyclic) bond motifs is 1. The zero-order chi connectivity index (χ0) is 15.4. The van der Waals surface area contributed by atoms with Gasteiger partial charge in [-0.15, -0.1) is 0 Å². The van der Waals surface area contributed by atoms with Crippen molar-refractivity contribution < 1.29 is 4.79 Å². The second-order valence-corrected chi connectivity index (χ2v) is 5.39. The molecule has 0 aliphatic carbocycles. The van der Waals surface area contributed by atoms with Gasteiger partial charge >= 0.3 is 0 Å². The van der Waals surface area contributed by atoms with Crippen LogP contribution in [0.25, 0.3) is 5.57 Å². The molecule has 1 aromatic carbocycles. The Bertz CT molecular complexity index is 748. The van der Waals surface area contributed by atoms with Crippen molar-refractivity contribution in [1.29, 1.82) is 5.26 Å². The lowest BCUT2D eigenvalue weighted by atomic mass is 9.91. The highest BCUT2D eigenvalue weighted by atomic mass is 32.2. The minimum atomic E-state index is -0.728. The Morgan fingerprint density at radius 3 is 2.71 bits per heavy atom. The van der Waals surface area contributed by atoms with Crippen LogP contribution < -0.4 is 5.73 Å². The smallest absolute Gasteiger partial charge is 0.260 e. The maximum absolute atomic E-state index is 11.6. The third-order valence-corrected chi connectivity index (χ3v) is 4.19. The molecule has 0 unspecified atom stereocenters. The van der Waals surface area contributed by atoms with Crippen LogP contribution >= 0.6 is 11.8 Å². The topological polar surface area (TPSA) is 66.9 Å². The molecule has 0 saturated heterocycles. The summed E-state index contributed by atoms with van der Waals surface area (Å²) in [7, 11) is 0. The maximum atomic E-state index is 11.6. The van der Waals surface area contributed by atoms with Gasteiger partial charge in [-0.05, 0) is 24.1 Å². The van der Waals surface area contributed by atoms with E-state index in [0.29, 0.717) is 5.57 Å². The summed E-state index contributed by atoms with van der Waals surface area (Å²) in [4.78, 5) is 13.6. The molecule has 1 aliphatic heterocycles. The summed E-state index contributed by atoms with van der Waals surface area (Å²) in [5, 5.41) is 9.31. The van der Waals surface area contributed by atoms with Crippen molar-refractivity contribution in [3.8, 4) is 6.07 Å². The van der Waals surface area contributed by atoms with Gasteiger partial charge in [0, 0.05) is 15.4 Å². The Morgan fingerprint density at radius 2 is 2.14 bits per heavy atom. The summed E-state index contributed by atoms with van der Waals surface area (Å²) in [6, 6.07) is 9.56. The molecule has 0 saturated carbocycles. The van der Waals surface area contributed by atoms with Crippen LogP contribution in [0.5, 0.6) is 0 Å². The van der Waals surface area contributed by atoms with Crippen LogP contribution in [0.15, 0.2) is 70.0 Å². The van der Waals surface area contributed by atoms with Gasteiger partial charge in [-0.2, -0.15) is 5.26 Å². The highest BCUT2D eigenvalue weighted by Gasteiger charge is 2.25. The molecule has 104 valence electrons. The van der Waals surface area contributed by atoms with Crippen molar-refractivity contribution in [1.82, 2.24) is 0 Å². The average molecular weight is 294 g/mol. The molecular weight excluding hydrogens is 280 g/mol. The molecule has 0 spiro atoms. The van der Waals surface area contributed by atoms with E-state index >= 15 is 0 Å². The second kappa shape index (κ2) is 6.29. The van der Waals surface area contributed by atoms with Gasteiger partial charge in [0.05, 0.1) is 0 Å². The first-order valence-electron chi connectivity index (χ1n) is 6.35. The van der Waals surface area contributed by atoms with E-state index in [4.69, 9.17) is 5.73 Å². The zero-order valence-electron chi connectivity index (χ0n) is 11.6. The van der Waals surface area contributed by atoms with Crippen LogP contribution in [0.2, 0.25) is 0 Å². The first-order chi connectivity index (χ1) is 10.1. The molecule has 0 atom stereocenters. The molecule has 2 N–H and O–H groups in total. The van der Waals surface area contributed by atoms with Crippen LogP contribution in [0, 0.1) is 11.3 Å². The van der Waals surface area contributed by atoms with E-state index < -0.39 is 5.91 Å². The van der Waals surface area contributed by atoms with Crippen LogP contribution in [0.3, 0.4) is 0 Å². The number of carbonyl (C=O) groups excluding carboxylic acids is 1. The van der Waals surface area contributed by atoms with Crippen molar-refractivity contribution in [2.24, 2.45) is 5.73 Å². The first kappa shape index (κ1) is 14.9. The van der Waals surface area contributed by atoms with Crippen LogP contribution in [-0.2, 0) is 4.79 Å². The lowest BCUT2D eigenvalue weighted by molar-refractivity contribution is -0.114. The summed E-state index contributed by atoms with van der Waals surface area (Å²) >= 11 is 1.58. The van der Waals surface area contributed by atoms with E-state index in [1.807, 2.05) is 49.4 Å². The number of thioether (sulfide) groups is 1. The minimum Gasteiger partial charge on any atom is -0.365 e. The number of carbonyl (C=O) groups is 1. The summed E-state index contributed by atoms with van der Waals surface area (Å²) in [6.45, 7) is 5.73. The zero-order valence-corrected chi connectivity index (χ0v) is 12.4. The van der Waals surface area contributed by atoms with Gasteiger partial charge in [0.1, 0.15) is 11.6 Å². The van der Waals surface area contributed by atoms with E-state index in [2.05, 4.69) is 6.58 Å². The quantitative estimate of drug-likeness (QED) is 0.684. The molecule has 2 rings (SSSR count). The number of primary amides is 1. The minimum absolute atomic E-state index is 0.0420. The van der Waals surface area contributed by atoms with Crippen LogP contribution in [-0.4, -0.2) is 5.91 Å². The fraction of sp³-hybridized carbons (Fsp3) is 0.0588. The normalized spacial score (nSPS) is 16.4. The van der Waals surface area contributed by atoms with E-state index in [-0.39, 0.29) is 5.57 Å². The molecule has 0 aromatic heterocycles. The average Bonchev–Trinajstić information content (AvgIpc) is 2.48. The van der Waals surface area contributed by atoms with Crippen LogP contribution in [0.4, 0.5) is 0 Å². The number of hydrogen-bond acceptors (Lipinski definition) is 3. The largest absolute Gasteiger partial charge is 0.365 e. The number of hydrogen-bond donors (Lipinski definition) is 1. The van der Waals surface area contributed by atoms with Crippen LogP contribution in [0.1, 0.15) is 12.5 Å². The third kappa shape index (κ3) is 2.69. The Kier molecular flexibility index (Phi) is 4.46. The predicted molar refractivity (Wildman–Crippen MR) is 86.1 cm³/mol. The van der Waals surface area contributed by atoms with Gasteiger partial charge < -0.3 is 5.73 Å². The summed E-state index contributed by atoms with van der Waals surface area (Å²) in [5.41, 5.74) is 7.48. The highest BCUT2D eigenvalue weighted by Crippen LogP contribution is 2.46. The molecular formula is C17H14N2OS. The maximum Gasteiger partial charge on any atom is 0.260 e. The number of nitrogens with zero attached hydrogens (tertiary/aromatic N) is 1. The van der Waals surface area contributed by atoms with Gasteiger partial charge in [-0.1, -0.05) is 54.8 Å². The fourth-order valence-electron chi connectivity index (χ4n) is 2.19. The molecule has 21 heavy (non-hydrogen) atoms. The molecule has 0 radical (unpaired) electrons. The number of benzene rings is 1. The SMILES string of the molecule is C=CC1=C(/C=C\C)Sc2ccccc2/C1=C(\C#N)C(N)=O. The second-order valence-electron chi connectivity index (χ2n) is 4.31. The van der Waals surface area contributed by atoms with Gasteiger partial charge in [-0.3, -0.25) is 4.79 Å². The predicted octanol–water partition coefficient (Wildman–Crippen LogP) is 3.57. The lowest BCUT2D eigenvalue weighted by Gasteiger charge is -2.22. The number of nitrogens with two attached hydrogens (primary N) is 1. The number of amides is 1. The van der Waals surface area contributed by atoms with E-state index in [1.54, 1.807) is 17.8 Å². The molecule has 1 aromatic rings. The molecule has 0 fully saturated rings. The number of nitriles is 1. The number of allylic oxidation sites excluding steroid dienone is 5. The Morgan fingerprint density at radius 1 is 1.43 bits per heavy atom. The standard InChI is InChI=1S/C17H14N2OS/c1-3-7-14-11(4-2)16(13(10-18)17(19)20)12-8-5-6-9-15(12)21-14/h3-9H,2H2,1H3,(H2,19,20)/b7-3-,16-13+. The van der Waals surface area contributed by atoms with E-state index in [0.717, 1.165) is 20.9 Å². The number of rotatable bonds is 3. The van der Waals surface area contributed by atoms with Crippen molar-refractivity contribution in [3.63, 3.8) is 0 Å². The molecule has 1 aliphatic rings. The van der Waals surface area contributed by atoms with Crippen molar-refractivity contribution in [2.75, 3.05) is 0 Å². The van der Waals surface area contributed by atoms with Gasteiger partial charge in [0.15, 0.2) is 0 Å². The van der Waals surface area contributed by atoms with Crippen molar-refractivity contribution in [2.45, 2.75) is 11.8 Å². The summed E-state index contributed by atoms with van der Waals surface area (Å²) in [5.74, 6) is -0.728. The molecule has 1 heterocycles. The third-order valence-electron chi connectivity index (χ3n) is 3.04. The van der Waals surface area contributed by atoms with Crippen molar-refractivity contribution >= 4 is 23.2 Å². The molecule has 1 amide bonds. The molecule has 0 bridgehead atoms. The monoisotopic (exact) mass is 294 g/mol. The van der Waals surface area contributed by atoms with Crippen molar-refractivity contribution in [3.05, 3.63) is 70.7 Å². The fourth-order valence-corrected chi connectivity index (χ4v) is 3.35. The highest BCUT2D eigenvalue weighted by molar-refractivity contribution is 8.03. The lowest BCUT2D eigenvalue weighted by Crippen LogP contribution is -2.16. The van der Waals surface area contributed by atoms with E-state index in [1.165, 1.54) is 0 Å². The van der Waals surface area contributed by atoms with Gasteiger partial charge in [0.25, 0.3) is 5.91 Å². The Balaban J connectivity index is 2.88. The molecule has 4 heteroatoms. The van der Waals surface area contributed by atoms with E-state index in [9.17, 15) is 10.1 Å². The Labute approximate surface area is 128 Å². The van der Waals surface area contributed by atoms with Gasteiger partial charge in [-0.25, -0.2) is 0 Å². The Hall–Kier alpha value is -2.51. The van der Waals surface area contributed by atoms with Gasteiger partial charge in [0.2, 0.25) is 0 Å².